The standard InChI is InChI=1S/C26H33N3O2/c1-7-8-13-23-19(2)14-15-20-11-9-10-12-22(16-20)29(23)24(30)31-27-21-17-25(3,4)28-26(5,6)18-21/h7-15,28H,2,16-18H2,1,3-6H3/b8-7-,15-14-,23-13+. The average molecular weight is 420 g/mol. The lowest BCUT2D eigenvalue weighted by molar-refractivity contribution is 0.123. The van der Waals surface area contributed by atoms with Crippen molar-refractivity contribution in [2.75, 3.05) is 0 Å². The molecule has 2 heterocycles. The van der Waals surface area contributed by atoms with Crippen LogP contribution in [0.15, 0.2) is 89.0 Å². The number of allylic oxidation sites excluding steroid dienone is 10. The van der Waals surface area contributed by atoms with Gasteiger partial charge in [-0.2, -0.15) is 0 Å². The Bertz CT molecular complexity index is 951. The summed E-state index contributed by atoms with van der Waals surface area (Å²) in [5.41, 5.74) is 3.96. The lowest BCUT2D eigenvalue weighted by Gasteiger charge is -2.42. The second-order valence-corrected chi connectivity index (χ2v) is 9.49. The first-order chi connectivity index (χ1) is 14.6. The normalized spacial score (nSPS) is 24.8. The molecule has 1 aliphatic carbocycles. The predicted octanol–water partition coefficient (Wildman–Crippen LogP) is 6.08. The topological polar surface area (TPSA) is 53.9 Å². The van der Waals surface area contributed by atoms with Crippen molar-refractivity contribution in [1.82, 2.24) is 10.2 Å². The number of carbonyl (C=O) groups is 1. The van der Waals surface area contributed by atoms with Crippen molar-refractivity contribution in [3.63, 3.8) is 0 Å². The fraction of sp³-hybridized carbons (Fsp3) is 0.385. The first-order valence-corrected chi connectivity index (χ1v) is 10.7. The molecule has 164 valence electrons. The van der Waals surface area contributed by atoms with Crippen LogP contribution >= 0.6 is 0 Å². The summed E-state index contributed by atoms with van der Waals surface area (Å²) >= 11 is 0. The Labute approximate surface area is 185 Å². The van der Waals surface area contributed by atoms with Gasteiger partial charge in [-0.3, -0.25) is 4.84 Å². The fourth-order valence-corrected chi connectivity index (χ4v) is 4.41. The fourth-order valence-electron chi connectivity index (χ4n) is 4.41. The summed E-state index contributed by atoms with van der Waals surface area (Å²) in [6.07, 6.45) is 19.1. The largest absolute Gasteiger partial charge is 0.444 e. The predicted molar refractivity (Wildman–Crippen MR) is 127 cm³/mol. The molecule has 0 spiro atoms. The molecule has 0 saturated carbocycles. The zero-order chi connectivity index (χ0) is 22.6. The number of hydrogen-bond acceptors (Lipinski definition) is 4. The summed E-state index contributed by atoms with van der Waals surface area (Å²) in [4.78, 5) is 20.4. The number of nitrogens with one attached hydrogen (secondary N) is 1. The van der Waals surface area contributed by atoms with Crippen LogP contribution in [0.25, 0.3) is 0 Å². The van der Waals surface area contributed by atoms with Crippen LogP contribution in [0.3, 0.4) is 0 Å². The highest BCUT2D eigenvalue weighted by Crippen LogP contribution is 2.31. The monoisotopic (exact) mass is 419 g/mol. The van der Waals surface area contributed by atoms with E-state index in [-0.39, 0.29) is 11.1 Å². The van der Waals surface area contributed by atoms with Crippen LogP contribution in [0, 0.1) is 0 Å². The first kappa shape index (κ1) is 22.8. The molecule has 5 nitrogen and oxygen atoms in total. The molecule has 1 amide bonds. The van der Waals surface area contributed by atoms with Crippen LogP contribution in [0.2, 0.25) is 0 Å². The summed E-state index contributed by atoms with van der Waals surface area (Å²) in [6, 6.07) is 0. The molecule has 1 N–H and O–H groups in total. The lowest BCUT2D eigenvalue weighted by Crippen LogP contribution is -2.58. The molecule has 0 radical (unpaired) electrons. The second kappa shape index (κ2) is 9.06. The van der Waals surface area contributed by atoms with Crippen LogP contribution < -0.4 is 5.32 Å². The van der Waals surface area contributed by atoms with E-state index in [1.807, 2.05) is 61.6 Å². The van der Waals surface area contributed by atoms with Crippen LogP contribution in [0.1, 0.15) is 53.9 Å². The van der Waals surface area contributed by atoms with Crippen molar-refractivity contribution < 1.29 is 9.63 Å². The van der Waals surface area contributed by atoms with E-state index in [2.05, 4.69) is 44.7 Å². The number of carbonyl (C=O) groups excluding carboxylic acids is 1. The van der Waals surface area contributed by atoms with Crippen molar-refractivity contribution in [2.24, 2.45) is 5.16 Å². The van der Waals surface area contributed by atoms with Crippen molar-refractivity contribution in [1.29, 1.82) is 0 Å². The number of fused-ring (bicyclic) bond motifs is 2. The highest BCUT2D eigenvalue weighted by molar-refractivity contribution is 5.88. The van der Waals surface area contributed by atoms with Gasteiger partial charge in [-0.1, -0.05) is 54.3 Å². The van der Waals surface area contributed by atoms with E-state index in [1.165, 1.54) is 0 Å². The average Bonchev–Trinajstić information content (AvgIpc) is 2.90. The minimum atomic E-state index is -0.533. The van der Waals surface area contributed by atoms with Crippen LogP contribution in [0.4, 0.5) is 4.79 Å². The maximum absolute atomic E-state index is 13.3. The van der Waals surface area contributed by atoms with Gasteiger partial charge in [0.1, 0.15) is 0 Å². The molecular formula is C26H33N3O2. The molecule has 0 aromatic carbocycles. The molecule has 2 bridgehead atoms. The molecule has 0 unspecified atom stereocenters. The second-order valence-electron chi connectivity index (χ2n) is 9.49. The van der Waals surface area contributed by atoms with Gasteiger partial charge >= 0.3 is 6.09 Å². The molecular weight excluding hydrogens is 386 g/mol. The van der Waals surface area contributed by atoms with Crippen molar-refractivity contribution in [3.8, 4) is 0 Å². The number of piperidine rings is 1. The Morgan fingerprint density at radius 2 is 1.84 bits per heavy atom. The summed E-state index contributed by atoms with van der Waals surface area (Å²) < 4.78 is 0. The summed E-state index contributed by atoms with van der Waals surface area (Å²) in [5, 5.41) is 7.91. The molecule has 0 aromatic heterocycles. The van der Waals surface area contributed by atoms with E-state index in [0.29, 0.717) is 12.1 Å². The lowest BCUT2D eigenvalue weighted by atomic mass is 9.81. The third-order valence-corrected chi connectivity index (χ3v) is 5.30. The number of amides is 1. The van der Waals surface area contributed by atoms with Gasteiger partial charge in [0.25, 0.3) is 0 Å². The van der Waals surface area contributed by atoms with Gasteiger partial charge in [0.15, 0.2) is 0 Å². The van der Waals surface area contributed by atoms with E-state index in [0.717, 1.165) is 35.4 Å². The zero-order valence-corrected chi connectivity index (χ0v) is 19.2. The highest BCUT2D eigenvalue weighted by atomic mass is 16.7. The molecule has 0 aromatic rings. The minimum Gasteiger partial charge on any atom is -0.306 e. The minimum absolute atomic E-state index is 0.113. The van der Waals surface area contributed by atoms with Gasteiger partial charge < -0.3 is 5.32 Å². The molecule has 1 saturated heterocycles. The maximum atomic E-state index is 13.3. The third-order valence-electron chi connectivity index (χ3n) is 5.30. The number of rotatable bonds is 2. The molecule has 5 heteroatoms. The quantitative estimate of drug-likeness (QED) is 0.436. The Morgan fingerprint density at radius 3 is 2.52 bits per heavy atom. The van der Waals surface area contributed by atoms with Crippen molar-refractivity contribution >= 4 is 11.8 Å². The highest BCUT2D eigenvalue weighted by Gasteiger charge is 2.36. The maximum Gasteiger partial charge on any atom is 0.444 e. The molecule has 3 aliphatic rings. The van der Waals surface area contributed by atoms with Gasteiger partial charge in [-0.15, -0.1) is 0 Å². The van der Waals surface area contributed by atoms with Gasteiger partial charge in [-0.05, 0) is 57.9 Å². The Balaban J connectivity index is 1.94. The summed E-state index contributed by atoms with van der Waals surface area (Å²) in [6.45, 7) is 14.6. The van der Waals surface area contributed by atoms with Crippen LogP contribution in [-0.4, -0.2) is 27.8 Å². The molecule has 0 atom stereocenters. The SMILES string of the molecule is C=C1/C=C\C2=CC=CC=C(C2)N(C(=O)ON=C2CC(C)(C)NC(C)(C)C2)/C1=C/C=C\C. The van der Waals surface area contributed by atoms with Gasteiger partial charge in [-0.25, -0.2) is 9.69 Å². The van der Waals surface area contributed by atoms with Crippen molar-refractivity contribution in [2.45, 2.75) is 65.0 Å². The summed E-state index contributed by atoms with van der Waals surface area (Å²) in [7, 11) is 0. The van der Waals surface area contributed by atoms with Crippen molar-refractivity contribution in [3.05, 3.63) is 83.8 Å². The summed E-state index contributed by atoms with van der Waals surface area (Å²) in [5.74, 6) is 0. The number of hydrogen-bond donors (Lipinski definition) is 1. The van der Waals surface area contributed by atoms with Gasteiger partial charge in [0.05, 0.1) is 11.4 Å². The molecule has 1 fully saturated rings. The molecule has 31 heavy (non-hydrogen) atoms. The van der Waals surface area contributed by atoms with E-state index in [1.54, 1.807) is 4.90 Å². The van der Waals surface area contributed by atoms with E-state index in [4.69, 9.17) is 4.84 Å². The van der Waals surface area contributed by atoms with Crippen LogP contribution in [0.5, 0.6) is 0 Å². The van der Waals surface area contributed by atoms with Crippen LogP contribution in [-0.2, 0) is 4.84 Å². The Kier molecular flexibility index (Phi) is 6.65. The molecule has 3 rings (SSSR count). The Hall–Kier alpha value is -2.92. The van der Waals surface area contributed by atoms with E-state index < -0.39 is 6.09 Å². The van der Waals surface area contributed by atoms with E-state index >= 15 is 0 Å². The zero-order valence-electron chi connectivity index (χ0n) is 19.2. The smallest absolute Gasteiger partial charge is 0.306 e. The Morgan fingerprint density at radius 1 is 1.16 bits per heavy atom. The molecule has 2 aliphatic heterocycles. The van der Waals surface area contributed by atoms with Gasteiger partial charge in [0.2, 0.25) is 0 Å². The third kappa shape index (κ3) is 5.82. The van der Waals surface area contributed by atoms with Gasteiger partial charge in [0, 0.05) is 36.0 Å². The number of nitrogens with zero attached hydrogens (tertiary/aromatic N) is 2. The van der Waals surface area contributed by atoms with E-state index in [9.17, 15) is 4.79 Å². The first-order valence-electron chi connectivity index (χ1n) is 10.7. The number of oxime groups is 1.